The summed E-state index contributed by atoms with van der Waals surface area (Å²) in [6.07, 6.45) is 5.59. The fraction of sp³-hybridized carbons (Fsp3) is 0.304. The molecule has 0 radical (unpaired) electrons. The molecule has 5 heteroatoms. The van der Waals surface area contributed by atoms with Crippen LogP contribution in [0.4, 0.5) is 0 Å². The van der Waals surface area contributed by atoms with Crippen LogP contribution < -0.4 is 10.1 Å². The van der Waals surface area contributed by atoms with Gasteiger partial charge in [0.2, 0.25) is 0 Å². The summed E-state index contributed by atoms with van der Waals surface area (Å²) < 4.78 is 5.69. The molecular weight excluding hydrogens is 350 g/mol. The number of likely N-dealkylation sites (tertiary alicyclic amines) is 1. The Kier molecular flexibility index (Phi) is 5.83. The van der Waals surface area contributed by atoms with Gasteiger partial charge in [0.15, 0.2) is 6.61 Å². The van der Waals surface area contributed by atoms with E-state index in [0.29, 0.717) is 0 Å². The van der Waals surface area contributed by atoms with E-state index in [1.807, 2.05) is 48.8 Å². The molecule has 1 aliphatic rings. The Labute approximate surface area is 165 Å². The van der Waals surface area contributed by atoms with Gasteiger partial charge in [0.05, 0.1) is 0 Å². The summed E-state index contributed by atoms with van der Waals surface area (Å²) in [6.45, 7) is 2.96. The molecular formula is C23H25N3O2. The minimum atomic E-state index is -0.0549. The highest BCUT2D eigenvalue weighted by atomic mass is 16.5. The zero-order valence-electron chi connectivity index (χ0n) is 15.9. The van der Waals surface area contributed by atoms with Crippen LogP contribution in [0.15, 0.2) is 67.0 Å². The lowest BCUT2D eigenvalue weighted by Crippen LogP contribution is -2.45. The van der Waals surface area contributed by atoms with Gasteiger partial charge < -0.3 is 10.1 Å². The molecule has 0 spiro atoms. The number of rotatable bonds is 6. The van der Waals surface area contributed by atoms with Crippen LogP contribution >= 0.6 is 0 Å². The first-order valence-corrected chi connectivity index (χ1v) is 9.78. The number of carbonyl (C=O) groups is 1. The Hall–Kier alpha value is -2.92. The van der Waals surface area contributed by atoms with Crippen molar-refractivity contribution in [2.24, 2.45) is 0 Å². The molecule has 0 aliphatic carbocycles. The van der Waals surface area contributed by atoms with Gasteiger partial charge in [-0.3, -0.25) is 14.7 Å². The number of nitrogens with one attached hydrogen (secondary N) is 1. The molecule has 3 aromatic rings. The second kappa shape index (κ2) is 8.85. The number of piperidine rings is 1. The molecule has 5 nitrogen and oxygen atoms in total. The second-order valence-electron chi connectivity index (χ2n) is 7.27. The summed E-state index contributed by atoms with van der Waals surface area (Å²) >= 11 is 0. The first-order valence-electron chi connectivity index (χ1n) is 9.78. The molecule has 1 saturated heterocycles. The van der Waals surface area contributed by atoms with Crippen LogP contribution in [0, 0.1) is 0 Å². The van der Waals surface area contributed by atoms with E-state index < -0.39 is 0 Å². The van der Waals surface area contributed by atoms with Crippen LogP contribution in [0.2, 0.25) is 0 Å². The minimum Gasteiger partial charge on any atom is -0.484 e. The number of pyridine rings is 1. The quantitative estimate of drug-likeness (QED) is 0.718. The molecule has 2 heterocycles. The van der Waals surface area contributed by atoms with Crippen molar-refractivity contribution in [1.29, 1.82) is 0 Å². The number of amides is 1. The monoisotopic (exact) mass is 375 g/mol. The number of ether oxygens (including phenoxy) is 1. The third-order valence-electron chi connectivity index (χ3n) is 5.20. The molecule has 4 rings (SSSR count). The summed E-state index contributed by atoms with van der Waals surface area (Å²) in [6, 6.07) is 18.3. The lowest BCUT2D eigenvalue weighted by atomic mass is 10.0. The van der Waals surface area contributed by atoms with Crippen molar-refractivity contribution >= 4 is 16.7 Å². The Morgan fingerprint density at radius 2 is 1.79 bits per heavy atom. The molecule has 0 bridgehead atoms. The standard InChI is InChI=1S/C23H25N3O2/c27-23(17-28-22-6-5-19-3-1-2-4-20(19)15-22)25-21-9-13-26(14-10-21)16-18-7-11-24-12-8-18/h1-8,11-12,15,21H,9-10,13-14,16-17H2,(H,25,27). The second-order valence-corrected chi connectivity index (χ2v) is 7.27. The van der Waals surface area contributed by atoms with Crippen molar-refractivity contribution in [2.75, 3.05) is 19.7 Å². The normalized spacial score (nSPS) is 15.4. The zero-order chi connectivity index (χ0) is 19.2. The fourth-order valence-corrected chi connectivity index (χ4v) is 3.66. The Bertz CT molecular complexity index is 921. The van der Waals surface area contributed by atoms with Crippen LogP contribution in [0.5, 0.6) is 5.75 Å². The third kappa shape index (κ3) is 4.87. The van der Waals surface area contributed by atoms with Gasteiger partial charge in [0, 0.05) is 38.1 Å². The van der Waals surface area contributed by atoms with E-state index in [2.05, 4.69) is 33.4 Å². The molecule has 28 heavy (non-hydrogen) atoms. The van der Waals surface area contributed by atoms with Crippen molar-refractivity contribution < 1.29 is 9.53 Å². The number of aromatic nitrogens is 1. The highest BCUT2D eigenvalue weighted by Gasteiger charge is 2.20. The van der Waals surface area contributed by atoms with Gasteiger partial charge in [-0.1, -0.05) is 30.3 Å². The van der Waals surface area contributed by atoms with Gasteiger partial charge in [0.1, 0.15) is 5.75 Å². The summed E-state index contributed by atoms with van der Waals surface area (Å²) in [5, 5.41) is 5.39. The predicted octanol–water partition coefficient (Wildman–Crippen LogP) is 3.39. The van der Waals surface area contributed by atoms with Gasteiger partial charge in [-0.15, -0.1) is 0 Å². The minimum absolute atomic E-state index is 0.0512. The van der Waals surface area contributed by atoms with Gasteiger partial charge in [-0.05, 0) is 53.4 Å². The van der Waals surface area contributed by atoms with Gasteiger partial charge >= 0.3 is 0 Å². The van der Waals surface area contributed by atoms with Crippen molar-refractivity contribution in [3.63, 3.8) is 0 Å². The van der Waals surface area contributed by atoms with Crippen molar-refractivity contribution in [3.8, 4) is 5.75 Å². The van der Waals surface area contributed by atoms with Crippen LogP contribution in [-0.2, 0) is 11.3 Å². The van der Waals surface area contributed by atoms with E-state index in [-0.39, 0.29) is 18.6 Å². The molecule has 2 aromatic carbocycles. The zero-order valence-corrected chi connectivity index (χ0v) is 15.9. The van der Waals surface area contributed by atoms with E-state index in [0.717, 1.165) is 49.0 Å². The van der Waals surface area contributed by atoms with E-state index in [9.17, 15) is 4.79 Å². The average Bonchev–Trinajstić information content (AvgIpc) is 2.74. The Morgan fingerprint density at radius 1 is 1.04 bits per heavy atom. The maximum absolute atomic E-state index is 12.3. The molecule has 1 aliphatic heterocycles. The third-order valence-corrected chi connectivity index (χ3v) is 5.20. The number of hydrogen-bond acceptors (Lipinski definition) is 4. The van der Waals surface area contributed by atoms with Crippen molar-refractivity contribution in [2.45, 2.75) is 25.4 Å². The molecule has 0 atom stereocenters. The SMILES string of the molecule is O=C(COc1ccc2ccccc2c1)NC1CCN(Cc2ccncc2)CC1. The molecule has 0 unspecified atom stereocenters. The van der Waals surface area contributed by atoms with E-state index >= 15 is 0 Å². The van der Waals surface area contributed by atoms with Crippen LogP contribution in [0.1, 0.15) is 18.4 Å². The molecule has 1 N–H and O–H groups in total. The van der Waals surface area contributed by atoms with Crippen molar-refractivity contribution in [1.82, 2.24) is 15.2 Å². The van der Waals surface area contributed by atoms with Gasteiger partial charge in [-0.2, -0.15) is 0 Å². The van der Waals surface area contributed by atoms with E-state index in [4.69, 9.17) is 4.74 Å². The van der Waals surface area contributed by atoms with Crippen LogP contribution in [-0.4, -0.2) is 41.5 Å². The maximum atomic E-state index is 12.3. The summed E-state index contributed by atoms with van der Waals surface area (Å²) in [7, 11) is 0. The molecule has 1 amide bonds. The molecule has 1 fully saturated rings. The number of fused-ring (bicyclic) bond motifs is 1. The summed E-state index contributed by atoms with van der Waals surface area (Å²) in [5.41, 5.74) is 1.28. The Balaban J connectivity index is 1.21. The van der Waals surface area contributed by atoms with E-state index in [1.54, 1.807) is 0 Å². The molecule has 144 valence electrons. The number of benzene rings is 2. The van der Waals surface area contributed by atoms with Crippen LogP contribution in [0.3, 0.4) is 0 Å². The van der Waals surface area contributed by atoms with Gasteiger partial charge in [0.25, 0.3) is 5.91 Å². The number of hydrogen-bond donors (Lipinski definition) is 1. The smallest absolute Gasteiger partial charge is 0.258 e. The number of carbonyl (C=O) groups excluding carboxylic acids is 1. The lowest BCUT2D eigenvalue weighted by Gasteiger charge is -2.32. The maximum Gasteiger partial charge on any atom is 0.258 e. The molecule has 0 saturated carbocycles. The summed E-state index contributed by atoms with van der Waals surface area (Å²) in [4.78, 5) is 18.7. The largest absolute Gasteiger partial charge is 0.484 e. The first-order chi connectivity index (χ1) is 13.8. The predicted molar refractivity (Wildman–Crippen MR) is 110 cm³/mol. The van der Waals surface area contributed by atoms with Crippen LogP contribution in [0.25, 0.3) is 10.8 Å². The first kappa shape index (κ1) is 18.4. The fourth-order valence-electron chi connectivity index (χ4n) is 3.66. The highest BCUT2D eigenvalue weighted by Crippen LogP contribution is 2.20. The Morgan fingerprint density at radius 3 is 2.57 bits per heavy atom. The average molecular weight is 375 g/mol. The van der Waals surface area contributed by atoms with Crippen molar-refractivity contribution in [3.05, 3.63) is 72.6 Å². The lowest BCUT2D eigenvalue weighted by molar-refractivity contribution is -0.124. The number of nitrogens with zero attached hydrogens (tertiary/aromatic N) is 2. The topological polar surface area (TPSA) is 54.5 Å². The molecule has 1 aromatic heterocycles. The highest BCUT2D eigenvalue weighted by molar-refractivity contribution is 5.84. The van der Waals surface area contributed by atoms with E-state index in [1.165, 1.54) is 5.56 Å². The van der Waals surface area contributed by atoms with Gasteiger partial charge in [-0.25, -0.2) is 0 Å². The summed E-state index contributed by atoms with van der Waals surface area (Å²) in [5.74, 6) is 0.668.